The highest BCUT2D eigenvalue weighted by Crippen LogP contribution is 2.58. The van der Waals surface area contributed by atoms with Crippen LogP contribution in [0.15, 0.2) is 53.4 Å². The van der Waals surface area contributed by atoms with Crippen LogP contribution in [0.4, 0.5) is 0 Å². The number of nitrogens with one attached hydrogen (secondary N) is 1. The highest BCUT2D eigenvalue weighted by Gasteiger charge is 2.46. The summed E-state index contributed by atoms with van der Waals surface area (Å²) in [5.41, 5.74) is -1.48. The molecule has 0 fully saturated rings. The topological polar surface area (TPSA) is 161 Å². The molecule has 26 heavy (non-hydrogen) atoms. The van der Waals surface area contributed by atoms with E-state index < -0.39 is 35.6 Å². The van der Waals surface area contributed by atoms with E-state index in [2.05, 4.69) is 0 Å². The lowest BCUT2D eigenvalue weighted by atomic mass is 10.1. The van der Waals surface area contributed by atoms with Gasteiger partial charge in [0.1, 0.15) is 0 Å². The monoisotopic (exact) mass is 441 g/mol. The van der Waals surface area contributed by atoms with Gasteiger partial charge >= 0.3 is 15.2 Å². The third-order valence-electron chi connectivity index (χ3n) is 3.24. The highest BCUT2D eigenvalue weighted by atomic mass is 35.5. The fraction of sp³-hybridized carbons (Fsp3) is 0.0769. The van der Waals surface area contributed by atoms with Gasteiger partial charge < -0.3 is 19.6 Å². The molecule has 2 rings (SSSR count). The maximum absolute atomic E-state index is 12.2. The van der Waals surface area contributed by atoms with Gasteiger partial charge in [-0.2, -0.15) is 4.72 Å². The fourth-order valence-electron chi connectivity index (χ4n) is 2.01. The Kier molecular flexibility index (Phi) is 6.14. The van der Waals surface area contributed by atoms with Crippen molar-refractivity contribution in [3.8, 4) is 11.1 Å². The van der Waals surface area contributed by atoms with Crippen LogP contribution in [-0.4, -0.2) is 33.5 Å². The van der Waals surface area contributed by atoms with E-state index in [0.29, 0.717) is 10.6 Å². The molecule has 0 saturated heterocycles. The minimum Gasteiger partial charge on any atom is -0.323 e. The Hall–Kier alpha value is -1.06. The molecule has 13 heteroatoms. The molecule has 0 spiro atoms. The summed E-state index contributed by atoms with van der Waals surface area (Å²) in [6.07, 6.45) is 0. The van der Waals surface area contributed by atoms with E-state index in [0.717, 1.165) is 17.7 Å². The van der Waals surface area contributed by atoms with E-state index in [-0.39, 0.29) is 0 Å². The zero-order valence-corrected chi connectivity index (χ0v) is 16.2. The summed E-state index contributed by atoms with van der Waals surface area (Å²) in [4.78, 5) is 35.7. The van der Waals surface area contributed by atoms with Crippen molar-refractivity contribution < 1.29 is 37.1 Å². The number of rotatable bonds is 6. The molecule has 2 aromatic carbocycles. The van der Waals surface area contributed by atoms with Crippen LogP contribution in [0.5, 0.6) is 0 Å². The number of hydrogen-bond acceptors (Lipinski definition) is 4. The lowest BCUT2D eigenvalue weighted by Crippen LogP contribution is -2.34. The maximum Gasteiger partial charge on any atom is 0.355 e. The Morgan fingerprint density at radius 1 is 0.808 bits per heavy atom. The quantitative estimate of drug-likeness (QED) is 0.425. The van der Waals surface area contributed by atoms with Gasteiger partial charge in [-0.3, -0.25) is 9.13 Å². The Labute approximate surface area is 154 Å². The summed E-state index contributed by atoms with van der Waals surface area (Å²) in [5.74, 6) is 0. The summed E-state index contributed by atoms with van der Waals surface area (Å²) in [5, 5.41) is 0.526. The molecule has 5 N–H and O–H groups in total. The van der Waals surface area contributed by atoms with Gasteiger partial charge in [0.2, 0.25) is 15.5 Å². The number of halogens is 1. The van der Waals surface area contributed by atoms with Crippen molar-refractivity contribution in [2.24, 2.45) is 0 Å². The van der Waals surface area contributed by atoms with Crippen molar-refractivity contribution in [1.82, 2.24) is 4.72 Å². The first-order valence-electron chi connectivity index (χ1n) is 6.79. The molecule has 2 aromatic rings. The Balaban J connectivity index is 2.33. The zero-order chi connectivity index (χ0) is 19.8. The van der Waals surface area contributed by atoms with Gasteiger partial charge in [0.05, 0.1) is 4.90 Å². The second-order valence-electron chi connectivity index (χ2n) is 5.20. The third kappa shape index (κ3) is 5.23. The smallest absolute Gasteiger partial charge is 0.323 e. The normalized spacial score (nSPS) is 13.2. The third-order valence-corrected chi connectivity index (χ3v) is 8.62. The van der Waals surface area contributed by atoms with Gasteiger partial charge in [0.25, 0.3) is 0 Å². The summed E-state index contributed by atoms with van der Waals surface area (Å²) < 4.78 is 48.2. The molecule has 0 amide bonds. The van der Waals surface area contributed by atoms with Gasteiger partial charge in [-0.25, -0.2) is 8.42 Å². The molecule has 0 aromatic heterocycles. The molecule has 0 aliphatic heterocycles. The summed E-state index contributed by atoms with van der Waals surface area (Å²) in [7, 11) is -15.5. The number of benzene rings is 2. The lowest BCUT2D eigenvalue weighted by Gasteiger charge is -2.20. The van der Waals surface area contributed by atoms with Crippen LogP contribution < -0.4 is 4.72 Å². The maximum atomic E-state index is 12.2. The average Bonchev–Trinajstić information content (AvgIpc) is 2.51. The molecular formula is C13H14ClNO8P2S. The minimum absolute atomic E-state index is 0.415. The van der Waals surface area contributed by atoms with Crippen LogP contribution in [0.25, 0.3) is 11.1 Å². The Morgan fingerprint density at radius 3 is 1.58 bits per heavy atom. The van der Waals surface area contributed by atoms with E-state index in [9.17, 15) is 17.5 Å². The fourth-order valence-corrected chi connectivity index (χ4v) is 6.54. The molecule has 0 radical (unpaired) electrons. The largest absolute Gasteiger partial charge is 0.355 e. The molecule has 0 bridgehead atoms. The highest BCUT2D eigenvalue weighted by molar-refractivity contribution is 7.90. The van der Waals surface area contributed by atoms with Gasteiger partial charge in [-0.1, -0.05) is 35.9 Å². The van der Waals surface area contributed by atoms with Crippen LogP contribution in [0, 0.1) is 0 Å². The van der Waals surface area contributed by atoms with Crippen molar-refractivity contribution in [1.29, 1.82) is 0 Å². The van der Waals surface area contributed by atoms with Crippen LogP contribution in [0.1, 0.15) is 0 Å². The SMILES string of the molecule is O=P(O)(O)C(NS(=O)(=O)c1ccc(-c2ccc(Cl)cc2)cc1)P(=O)(O)O. The summed E-state index contributed by atoms with van der Waals surface area (Å²) in [6, 6.07) is 11.9. The van der Waals surface area contributed by atoms with E-state index in [1.54, 1.807) is 24.3 Å². The second kappa shape index (κ2) is 7.52. The van der Waals surface area contributed by atoms with Crippen LogP contribution in [0.3, 0.4) is 0 Å². The van der Waals surface area contributed by atoms with Gasteiger partial charge in [0.15, 0.2) is 0 Å². The second-order valence-corrected chi connectivity index (χ2v) is 11.2. The first-order valence-corrected chi connectivity index (χ1v) is 12.0. The first-order chi connectivity index (χ1) is 11.8. The van der Waals surface area contributed by atoms with E-state index >= 15 is 0 Å². The summed E-state index contributed by atoms with van der Waals surface area (Å²) in [6.45, 7) is 0. The summed E-state index contributed by atoms with van der Waals surface area (Å²) >= 11 is 5.79. The van der Waals surface area contributed by atoms with Crippen molar-refractivity contribution in [3.63, 3.8) is 0 Å². The van der Waals surface area contributed by atoms with E-state index in [4.69, 9.17) is 31.2 Å². The van der Waals surface area contributed by atoms with Crippen LogP contribution in [-0.2, 0) is 19.2 Å². The standard InChI is InChI=1S/C13H14ClNO8P2S/c14-11-5-1-9(2-6-11)10-3-7-12(8-4-10)26(22,23)15-13(24(16,17)18)25(19,20)21/h1-8,13,15H,(H2,16,17,18)(H2,19,20,21). The van der Waals surface area contributed by atoms with Gasteiger partial charge in [0, 0.05) is 5.02 Å². The zero-order valence-electron chi connectivity index (χ0n) is 12.8. The molecule has 0 heterocycles. The van der Waals surface area contributed by atoms with Gasteiger partial charge in [-0.15, -0.1) is 0 Å². The average molecular weight is 442 g/mol. The predicted octanol–water partition coefficient (Wildman–Crippen LogP) is 1.92. The van der Waals surface area contributed by atoms with E-state index in [1.807, 2.05) is 0 Å². The number of sulfonamides is 1. The molecule has 142 valence electrons. The minimum atomic E-state index is -5.44. The van der Waals surface area contributed by atoms with Crippen LogP contribution in [0.2, 0.25) is 5.02 Å². The molecule has 0 aliphatic carbocycles. The molecule has 0 saturated carbocycles. The molecule has 0 unspecified atom stereocenters. The van der Waals surface area contributed by atoms with Crippen molar-refractivity contribution in [2.75, 3.05) is 0 Å². The van der Waals surface area contributed by atoms with Crippen molar-refractivity contribution in [2.45, 2.75) is 10.4 Å². The first kappa shape index (κ1) is 21.2. The molecule has 0 atom stereocenters. The van der Waals surface area contributed by atoms with Crippen molar-refractivity contribution in [3.05, 3.63) is 53.6 Å². The Morgan fingerprint density at radius 2 is 1.19 bits per heavy atom. The molecular weight excluding hydrogens is 428 g/mol. The molecule has 9 nitrogen and oxygen atoms in total. The Bertz CT molecular complexity index is 960. The van der Waals surface area contributed by atoms with Crippen molar-refractivity contribution >= 4 is 36.8 Å². The number of hydrogen-bond donors (Lipinski definition) is 5. The van der Waals surface area contributed by atoms with E-state index in [1.165, 1.54) is 16.9 Å². The molecule has 0 aliphatic rings. The lowest BCUT2D eigenvalue weighted by molar-refractivity contribution is 0.335. The predicted molar refractivity (Wildman–Crippen MR) is 95.1 cm³/mol. The van der Waals surface area contributed by atoms with Crippen LogP contribution >= 0.6 is 26.8 Å². The van der Waals surface area contributed by atoms with Gasteiger partial charge in [-0.05, 0) is 35.4 Å².